The van der Waals surface area contributed by atoms with Gasteiger partial charge in [-0.15, -0.1) is 0 Å². The van der Waals surface area contributed by atoms with Crippen LogP contribution in [0.4, 0.5) is 13.2 Å². The highest BCUT2D eigenvalue weighted by molar-refractivity contribution is 5.60. The summed E-state index contributed by atoms with van der Waals surface area (Å²) in [5.41, 5.74) is 1.36. The monoisotopic (exact) mass is 302 g/mol. The average molecular weight is 302 g/mol. The number of benzene rings is 2. The second kappa shape index (κ2) is 5.33. The lowest BCUT2D eigenvalue weighted by molar-refractivity contribution is -0.140. The van der Waals surface area contributed by atoms with E-state index in [9.17, 15) is 13.2 Å². The Morgan fingerprint density at radius 1 is 0.955 bits per heavy atom. The molecule has 0 unspecified atom stereocenters. The first-order valence-electron chi connectivity index (χ1n) is 6.74. The molecule has 22 heavy (non-hydrogen) atoms. The van der Waals surface area contributed by atoms with Crippen LogP contribution in [0.3, 0.4) is 0 Å². The van der Waals surface area contributed by atoms with E-state index < -0.39 is 11.9 Å². The van der Waals surface area contributed by atoms with Crippen molar-refractivity contribution >= 4 is 0 Å². The number of rotatable bonds is 2. The van der Waals surface area contributed by atoms with Gasteiger partial charge in [0.2, 0.25) is 0 Å². The van der Waals surface area contributed by atoms with Gasteiger partial charge in [-0.1, -0.05) is 42.0 Å². The summed E-state index contributed by atoms with van der Waals surface area (Å²) >= 11 is 0. The Morgan fingerprint density at radius 3 is 2.32 bits per heavy atom. The predicted molar refractivity (Wildman–Crippen MR) is 78.7 cm³/mol. The Bertz CT molecular complexity index is 789. The molecule has 0 aliphatic carbocycles. The van der Waals surface area contributed by atoms with Gasteiger partial charge in [-0.05, 0) is 25.1 Å². The number of alkyl halides is 3. The molecule has 3 aromatic rings. The van der Waals surface area contributed by atoms with E-state index in [1.54, 1.807) is 30.3 Å². The molecule has 0 amide bonds. The van der Waals surface area contributed by atoms with Crippen LogP contribution in [0.2, 0.25) is 0 Å². The number of hydrogen-bond acceptors (Lipinski definition) is 1. The zero-order valence-corrected chi connectivity index (χ0v) is 11.8. The molecular weight excluding hydrogens is 289 g/mol. The summed E-state index contributed by atoms with van der Waals surface area (Å²) in [6, 6.07) is 16.2. The molecule has 1 heterocycles. The smallest absolute Gasteiger partial charge is 0.299 e. The van der Waals surface area contributed by atoms with Crippen molar-refractivity contribution in [2.24, 2.45) is 0 Å². The molecule has 2 nitrogen and oxygen atoms in total. The Morgan fingerprint density at radius 2 is 1.68 bits per heavy atom. The minimum Gasteiger partial charge on any atom is -0.299 e. The van der Waals surface area contributed by atoms with E-state index in [4.69, 9.17) is 0 Å². The van der Waals surface area contributed by atoms with Crippen LogP contribution < -0.4 is 0 Å². The van der Waals surface area contributed by atoms with Crippen molar-refractivity contribution in [3.05, 3.63) is 72.1 Å². The van der Waals surface area contributed by atoms with E-state index in [0.717, 1.165) is 11.8 Å². The molecule has 0 bridgehead atoms. The van der Waals surface area contributed by atoms with Crippen LogP contribution in [0.25, 0.3) is 17.1 Å². The number of hydrogen-bond donors (Lipinski definition) is 0. The predicted octanol–water partition coefficient (Wildman–Crippen LogP) is 4.87. The van der Waals surface area contributed by atoms with Crippen LogP contribution in [0, 0.1) is 6.92 Å². The molecule has 3 rings (SSSR count). The number of imidazole rings is 1. The molecule has 2 aromatic carbocycles. The second-order valence-electron chi connectivity index (χ2n) is 5.02. The van der Waals surface area contributed by atoms with Gasteiger partial charge >= 0.3 is 6.18 Å². The van der Waals surface area contributed by atoms with Crippen molar-refractivity contribution in [1.29, 1.82) is 0 Å². The zero-order valence-electron chi connectivity index (χ0n) is 11.8. The molecule has 0 aliphatic rings. The number of halogens is 3. The van der Waals surface area contributed by atoms with Gasteiger partial charge in [-0.3, -0.25) is 4.57 Å². The van der Waals surface area contributed by atoms with Gasteiger partial charge in [0.1, 0.15) is 5.82 Å². The Labute approximate surface area is 125 Å². The van der Waals surface area contributed by atoms with Crippen molar-refractivity contribution in [2.45, 2.75) is 13.1 Å². The summed E-state index contributed by atoms with van der Waals surface area (Å²) < 4.78 is 40.5. The summed E-state index contributed by atoms with van der Waals surface area (Å²) in [7, 11) is 0. The molecule has 0 spiro atoms. The third-order valence-electron chi connectivity index (χ3n) is 3.31. The summed E-state index contributed by atoms with van der Waals surface area (Å²) in [5.74, 6) is 0.280. The summed E-state index contributed by atoms with van der Waals surface area (Å²) in [6.45, 7) is 1.89. The number of nitrogens with zero attached hydrogens (tertiary/aromatic N) is 2. The van der Waals surface area contributed by atoms with E-state index in [0.29, 0.717) is 11.3 Å². The lowest BCUT2D eigenvalue weighted by Gasteiger charge is -2.08. The molecule has 0 saturated carbocycles. The first-order chi connectivity index (χ1) is 10.4. The lowest BCUT2D eigenvalue weighted by atomic mass is 10.1. The lowest BCUT2D eigenvalue weighted by Crippen LogP contribution is -2.04. The van der Waals surface area contributed by atoms with Gasteiger partial charge in [0.15, 0.2) is 5.69 Å². The van der Waals surface area contributed by atoms with Crippen molar-refractivity contribution in [3.63, 3.8) is 0 Å². The van der Waals surface area contributed by atoms with Crippen LogP contribution in [0.5, 0.6) is 0 Å². The fraction of sp³-hybridized carbons (Fsp3) is 0.118. The topological polar surface area (TPSA) is 17.8 Å². The maximum atomic E-state index is 13.0. The third-order valence-corrected chi connectivity index (χ3v) is 3.31. The van der Waals surface area contributed by atoms with Crippen LogP contribution in [-0.4, -0.2) is 9.55 Å². The maximum Gasteiger partial charge on any atom is 0.434 e. The first-order valence-corrected chi connectivity index (χ1v) is 6.74. The maximum absolute atomic E-state index is 13.0. The van der Waals surface area contributed by atoms with E-state index in [-0.39, 0.29) is 5.82 Å². The standard InChI is InChI=1S/C17H13F3N2/c1-12-6-5-7-13(10-12)16-21-15(17(18,19)20)11-22(16)14-8-3-2-4-9-14/h2-11H,1H3. The Hall–Kier alpha value is -2.56. The van der Waals surface area contributed by atoms with Crippen molar-refractivity contribution < 1.29 is 13.2 Å². The molecule has 112 valence electrons. The molecular formula is C17H13F3N2. The van der Waals surface area contributed by atoms with Gasteiger partial charge in [-0.25, -0.2) is 4.98 Å². The quantitative estimate of drug-likeness (QED) is 0.660. The molecule has 0 fully saturated rings. The highest BCUT2D eigenvalue weighted by Crippen LogP contribution is 2.32. The Balaban J connectivity index is 2.22. The summed E-state index contributed by atoms with van der Waals surface area (Å²) in [5, 5.41) is 0. The molecule has 1 aromatic heterocycles. The molecule has 0 N–H and O–H groups in total. The SMILES string of the molecule is Cc1cccc(-c2nc(C(F)(F)F)cn2-c2ccccc2)c1. The van der Waals surface area contributed by atoms with Crippen LogP contribution in [0.15, 0.2) is 60.8 Å². The van der Waals surface area contributed by atoms with Gasteiger partial charge in [0.25, 0.3) is 0 Å². The summed E-state index contributed by atoms with van der Waals surface area (Å²) in [4.78, 5) is 3.81. The Kier molecular flexibility index (Phi) is 3.48. The molecule has 0 aliphatic heterocycles. The van der Waals surface area contributed by atoms with Crippen molar-refractivity contribution in [3.8, 4) is 17.1 Å². The number of para-hydroxylation sites is 1. The first kappa shape index (κ1) is 14.4. The number of aryl methyl sites for hydroxylation is 1. The molecule has 0 atom stereocenters. The second-order valence-corrected chi connectivity index (χ2v) is 5.02. The van der Waals surface area contributed by atoms with Crippen LogP contribution in [-0.2, 0) is 6.18 Å². The molecule has 0 radical (unpaired) electrons. The van der Waals surface area contributed by atoms with E-state index in [1.807, 2.05) is 31.2 Å². The van der Waals surface area contributed by atoms with E-state index in [2.05, 4.69) is 4.98 Å². The largest absolute Gasteiger partial charge is 0.434 e. The number of aromatic nitrogens is 2. The molecule has 0 saturated heterocycles. The zero-order chi connectivity index (χ0) is 15.7. The van der Waals surface area contributed by atoms with Gasteiger partial charge in [-0.2, -0.15) is 13.2 Å². The summed E-state index contributed by atoms with van der Waals surface area (Å²) in [6.07, 6.45) is -3.44. The van der Waals surface area contributed by atoms with Crippen LogP contribution in [0.1, 0.15) is 11.3 Å². The average Bonchev–Trinajstić information content (AvgIpc) is 2.93. The minimum absolute atomic E-state index is 0.280. The fourth-order valence-corrected chi connectivity index (χ4v) is 2.29. The fourth-order valence-electron chi connectivity index (χ4n) is 2.29. The van der Waals surface area contributed by atoms with Gasteiger partial charge in [0.05, 0.1) is 0 Å². The van der Waals surface area contributed by atoms with Crippen molar-refractivity contribution in [2.75, 3.05) is 0 Å². The van der Waals surface area contributed by atoms with Crippen molar-refractivity contribution in [1.82, 2.24) is 9.55 Å². The van der Waals surface area contributed by atoms with Gasteiger partial charge < -0.3 is 0 Å². The molecule has 5 heteroatoms. The van der Waals surface area contributed by atoms with Crippen LogP contribution >= 0.6 is 0 Å². The van der Waals surface area contributed by atoms with E-state index >= 15 is 0 Å². The normalized spacial score (nSPS) is 11.6. The van der Waals surface area contributed by atoms with Gasteiger partial charge in [0, 0.05) is 17.4 Å². The minimum atomic E-state index is -4.47. The third kappa shape index (κ3) is 2.74. The van der Waals surface area contributed by atoms with E-state index in [1.165, 1.54) is 4.57 Å². The highest BCUT2D eigenvalue weighted by Gasteiger charge is 2.35. The highest BCUT2D eigenvalue weighted by atomic mass is 19.4.